The van der Waals surface area contributed by atoms with Crippen molar-refractivity contribution in [3.63, 3.8) is 0 Å². The van der Waals surface area contributed by atoms with E-state index in [1.54, 1.807) is 12.1 Å². The minimum absolute atomic E-state index is 0.0359. The summed E-state index contributed by atoms with van der Waals surface area (Å²) in [7, 11) is 0. The van der Waals surface area contributed by atoms with Gasteiger partial charge < -0.3 is 10.2 Å². The summed E-state index contributed by atoms with van der Waals surface area (Å²) in [4.78, 5) is 14.7. The van der Waals surface area contributed by atoms with Crippen molar-refractivity contribution in [1.82, 2.24) is 5.32 Å². The number of nitrogens with one attached hydrogen (secondary N) is 1. The van der Waals surface area contributed by atoms with Crippen molar-refractivity contribution in [1.29, 1.82) is 0 Å². The number of fused-ring (bicyclic) bond motifs is 1. The highest BCUT2D eigenvalue weighted by atomic mass is 19.1. The van der Waals surface area contributed by atoms with Gasteiger partial charge in [-0.05, 0) is 55.0 Å². The van der Waals surface area contributed by atoms with E-state index in [0.29, 0.717) is 12.6 Å². The first kappa shape index (κ1) is 16.1. The number of hydrogen-bond donors (Lipinski definition) is 1. The molecule has 25 heavy (non-hydrogen) atoms. The molecule has 1 N–H and O–H groups in total. The molecule has 2 aliphatic rings. The number of benzene rings is 2. The molecule has 130 valence electrons. The molecule has 0 radical (unpaired) electrons. The Kier molecular flexibility index (Phi) is 4.20. The van der Waals surface area contributed by atoms with Gasteiger partial charge in [0.15, 0.2) is 0 Å². The maximum absolute atomic E-state index is 13.0. The number of anilines is 1. The third-order valence-electron chi connectivity index (χ3n) is 5.43. The molecule has 2 aromatic carbocycles. The van der Waals surface area contributed by atoms with E-state index in [-0.39, 0.29) is 23.6 Å². The summed E-state index contributed by atoms with van der Waals surface area (Å²) in [5, 5.41) is 3.08. The number of amides is 1. The minimum Gasteiger partial charge on any atom is -0.367 e. The molecule has 1 heterocycles. The lowest BCUT2D eigenvalue weighted by atomic mass is 10.1. The van der Waals surface area contributed by atoms with Gasteiger partial charge in [-0.3, -0.25) is 4.79 Å². The first-order chi connectivity index (χ1) is 12.1. The number of rotatable bonds is 5. The molecule has 0 spiro atoms. The fourth-order valence-electron chi connectivity index (χ4n) is 3.96. The molecule has 4 heteroatoms. The van der Waals surface area contributed by atoms with Crippen molar-refractivity contribution >= 4 is 11.6 Å². The predicted molar refractivity (Wildman–Crippen MR) is 97.2 cm³/mol. The van der Waals surface area contributed by atoms with Crippen LogP contribution in [-0.4, -0.2) is 25.0 Å². The Balaban J connectivity index is 1.28. The number of para-hydroxylation sites is 1. The van der Waals surface area contributed by atoms with E-state index in [2.05, 4.69) is 41.4 Å². The van der Waals surface area contributed by atoms with Crippen LogP contribution in [0, 0.1) is 11.7 Å². The van der Waals surface area contributed by atoms with Crippen LogP contribution in [0.4, 0.5) is 10.1 Å². The Morgan fingerprint density at radius 1 is 1.20 bits per heavy atom. The van der Waals surface area contributed by atoms with Gasteiger partial charge in [0.2, 0.25) is 5.91 Å². The fourth-order valence-corrected chi connectivity index (χ4v) is 3.96. The van der Waals surface area contributed by atoms with Gasteiger partial charge in [0.1, 0.15) is 5.82 Å². The normalized spacial score (nSPS) is 24.1. The third kappa shape index (κ3) is 3.26. The summed E-state index contributed by atoms with van der Waals surface area (Å²) < 4.78 is 13.0. The molecular formula is C21H23FN2O. The van der Waals surface area contributed by atoms with Crippen molar-refractivity contribution < 1.29 is 9.18 Å². The van der Waals surface area contributed by atoms with Crippen LogP contribution in [0.5, 0.6) is 0 Å². The zero-order valence-corrected chi connectivity index (χ0v) is 14.4. The topological polar surface area (TPSA) is 32.3 Å². The standard InChI is InChI=1S/C21H23FN2O/c1-14-12-16-4-2-3-5-20(16)24(14)11-10-23-21(25)19-13-18(19)15-6-8-17(22)9-7-15/h2-9,14,18-19H,10-13H2,1H3,(H,23,25)/t14-,18-,19+/m1/s1. The predicted octanol–water partition coefficient (Wildman–Crippen LogP) is 3.50. The number of carbonyl (C=O) groups is 1. The summed E-state index contributed by atoms with van der Waals surface area (Å²) in [5.41, 5.74) is 3.74. The largest absolute Gasteiger partial charge is 0.367 e. The van der Waals surface area contributed by atoms with Gasteiger partial charge in [-0.1, -0.05) is 30.3 Å². The second-order valence-corrected chi connectivity index (χ2v) is 7.17. The molecular weight excluding hydrogens is 315 g/mol. The van der Waals surface area contributed by atoms with Crippen molar-refractivity contribution in [3.05, 3.63) is 65.5 Å². The molecule has 3 atom stereocenters. The van der Waals surface area contributed by atoms with Crippen LogP contribution in [0.25, 0.3) is 0 Å². The summed E-state index contributed by atoms with van der Waals surface area (Å²) in [6, 6.07) is 15.5. The molecule has 0 unspecified atom stereocenters. The highest BCUT2D eigenvalue weighted by Crippen LogP contribution is 2.47. The molecule has 1 fully saturated rings. The molecule has 2 aromatic rings. The molecule has 4 rings (SSSR count). The summed E-state index contributed by atoms with van der Waals surface area (Å²) >= 11 is 0. The third-order valence-corrected chi connectivity index (χ3v) is 5.43. The van der Waals surface area contributed by atoms with Crippen LogP contribution in [0.15, 0.2) is 48.5 Å². The Hall–Kier alpha value is -2.36. The van der Waals surface area contributed by atoms with E-state index in [1.165, 1.54) is 23.4 Å². The lowest BCUT2D eigenvalue weighted by Gasteiger charge is -2.25. The molecule has 3 nitrogen and oxygen atoms in total. The van der Waals surface area contributed by atoms with Crippen molar-refractivity contribution in [3.8, 4) is 0 Å². The quantitative estimate of drug-likeness (QED) is 0.905. The molecule has 0 saturated heterocycles. The maximum Gasteiger partial charge on any atom is 0.223 e. The van der Waals surface area contributed by atoms with Crippen LogP contribution in [0.2, 0.25) is 0 Å². The second kappa shape index (κ2) is 6.51. The average molecular weight is 338 g/mol. The van der Waals surface area contributed by atoms with Crippen LogP contribution in [0.3, 0.4) is 0 Å². The van der Waals surface area contributed by atoms with E-state index in [9.17, 15) is 9.18 Å². The van der Waals surface area contributed by atoms with Gasteiger partial charge >= 0.3 is 0 Å². The summed E-state index contributed by atoms with van der Waals surface area (Å²) in [6.45, 7) is 3.72. The summed E-state index contributed by atoms with van der Waals surface area (Å²) in [6.07, 6.45) is 1.93. The van der Waals surface area contributed by atoms with Gasteiger partial charge in [0, 0.05) is 30.7 Å². The van der Waals surface area contributed by atoms with Gasteiger partial charge in [-0.2, -0.15) is 0 Å². The van der Waals surface area contributed by atoms with Crippen LogP contribution >= 0.6 is 0 Å². The van der Waals surface area contributed by atoms with E-state index >= 15 is 0 Å². The smallest absolute Gasteiger partial charge is 0.223 e. The van der Waals surface area contributed by atoms with Crippen molar-refractivity contribution in [2.75, 3.05) is 18.0 Å². The Morgan fingerprint density at radius 3 is 2.76 bits per heavy atom. The first-order valence-electron chi connectivity index (χ1n) is 9.01. The van der Waals surface area contributed by atoms with E-state index in [1.807, 2.05) is 0 Å². The lowest BCUT2D eigenvalue weighted by molar-refractivity contribution is -0.122. The number of hydrogen-bond acceptors (Lipinski definition) is 2. The van der Waals surface area contributed by atoms with Gasteiger partial charge in [0.25, 0.3) is 0 Å². The minimum atomic E-state index is -0.231. The molecule has 1 saturated carbocycles. The van der Waals surface area contributed by atoms with Crippen LogP contribution < -0.4 is 10.2 Å². The zero-order chi connectivity index (χ0) is 17.4. The number of halogens is 1. The number of nitrogens with zero attached hydrogens (tertiary/aromatic N) is 1. The van der Waals surface area contributed by atoms with E-state index in [4.69, 9.17) is 0 Å². The molecule has 1 aliphatic carbocycles. The van der Waals surface area contributed by atoms with Gasteiger partial charge in [-0.15, -0.1) is 0 Å². The summed E-state index contributed by atoms with van der Waals surface area (Å²) in [5.74, 6) is 0.167. The Morgan fingerprint density at radius 2 is 1.96 bits per heavy atom. The van der Waals surface area contributed by atoms with Crippen molar-refractivity contribution in [2.45, 2.75) is 31.7 Å². The second-order valence-electron chi connectivity index (χ2n) is 7.17. The average Bonchev–Trinajstić information content (AvgIpc) is 3.34. The highest BCUT2D eigenvalue weighted by molar-refractivity contribution is 5.82. The molecule has 1 amide bonds. The van der Waals surface area contributed by atoms with Crippen LogP contribution in [0.1, 0.15) is 30.4 Å². The monoisotopic (exact) mass is 338 g/mol. The van der Waals surface area contributed by atoms with E-state index in [0.717, 1.165) is 24.9 Å². The molecule has 0 bridgehead atoms. The van der Waals surface area contributed by atoms with Crippen molar-refractivity contribution in [2.24, 2.45) is 5.92 Å². The Labute approximate surface area is 147 Å². The Bertz CT molecular complexity index is 774. The van der Waals surface area contributed by atoms with E-state index < -0.39 is 0 Å². The van der Waals surface area contributed by atoms with Gasteiger partial charge in [0.05, 0.1) is 0 Å². The maximum atomic E-state index is 13.0. The lowest BCUT2D eigenvalue weighted by Crippen LogP contribution is -2.38. The molecule has 1 aliphatic heterocycles. The SMILES string of the molecule is C[C@@H]1Cc2ccccc2N1CCNC(=O)[C@H]1C[C@@H]1c1ccc(F)cc1. The first-order valence-corrected chi connectivity index (χ1v) is 9.01. The molecule has 0 aromatic heterocycles. The highest BCUT2D eigenvalue weighted by Gasteiger charge is 2.43. The fraction of sp³-hybridized carbons (Fsp3) is 0.381. The zero-order valence-electron chi connectivity index (χ0n) is 14.4. The number of carbonyl (C=O) groups excluding carboxylic acids is 1. The van der Waals surface area contributed by atoms with Crippen LogP contribution in [-0.2, 0) is 11.2 Å². The van der Waals surface area contributed by atoms with Gasteiger partial charge in [-0.25, -0.2) is 4.39 Å².